The first-order valence-corrected chi connectivity index (χ1v) is 36.6. The summed E-state index contributed by atoms with van der Waals surface area (Å²) in [4.78, 5) is 43.9. The number of rotatable bonds is 15. The lowest BCUT2D eigenvalue weighted by Gasteiger charge is -2.39. The summed E-state index contributed by atoms with van der Waals surface area (Å²) in [6.45, 7) is 20.0. The van der Waals surface area contributed by atoms with E-state index >= 15 is 0 Å². The summed E-state index contributed by atoms with van der Waals surface area (Å²) in [5, 5.41) is 25.8. The lowest BCUT2D eigenvalue weighted by atomic mass is 10.4. The van der Waals surface area contributed by atoms with E-state index in [1.54, 1.807) is 33.1 Å². The smallest absolute Gasteiger partial charge is 0.451 e. The van der Waals surface area contributed by atoms with E-state index < -0.39 is 31.6 Å². The Kier molecular flexibility index (Phi) is 19.3. The van der Waals surface area contributed by atoms with Crippen LogP contribution in [0.15, 0.2) is 55.0 Å². The third-order valence-electron chi connectivity index (χ3n) is 17.2. The van der Waals surface area contributed by atoms with Crippen LogP contribution in [-0.2, 0) is 4.57 Å². The summed E-state index contributed by atoms with van der Waals surface area (Å²) >= 11 is 0. The second-order valence-electron chi connectivity index (χ2n) is 22.6. The highest BCUT2D eigenvalue weighted by Crippen LogP contribution is 2.71. The molecule has 0 aromatic carbocycles. The van der Waals surface area contributed by atoms with Gasteiger partial charge in [0.1, 0.15) is 16.6 Å². The van der Waals surface area contributed by atoms with Gasteiger partial charge in [0.05, 0.1) is 0 Å². The number of hydrogen-bond acceptors (Lipinski definition) is 25. The topological polar surface area (TPSA) is 274 Å². The zero-order chi connectivity index (χ0) is 56.7. The molecule has 28 nitrogen and oxygen atoms in total. The van der Waals surface area contributed by atoms with Crippen molar-refractivity contribution in [2.24, 2.45) is 0 Å². The van der Waals surface area contributed by atoms with Crippen LogP contribution in [0.4, 0.5) is 0 Å². The molecule has 9 fully saturated rings. The van der Waals surface area contributed by atoms with Crippen molar-refractivity contribution < 1.29 is 33.1 Å². The van der Waals surface area contributed by atoms with Gasteiger partial charge in [0.25, 0.3) is 0 Å². The van der Waals surface area contributed by atoms with E-state index in [9.17, 15) is 0 Å². The summed E-state index contributed by atoms with van der Waals surface area (Å²) < 4.78 is 52.8. The van der Waals surface area contributed by atoms with Crippen LogP contribution in [0.1, 0.15) is 116 Å². The van der Waals surface area contributed by atoms with E-state index in [0.29, 0.717) is 0 Å². The van der Waals surface area contributed by atoms with E-state index in [0.717, 1.165) is 151 Å². The van der Waals surface area contributed by atoms with Gasteiger partial charge in [-0.2, -0.15) is 21.7 Å². The molecule has 9 aliphatic rings. The predicted octanol–water partition coefficient (Wildman–Crippen LogP) is 3.84. The molecule has 0 radical (unpaired) electrons. The Hall–Kier alpha value is -3.91. The van der Waals surface area contributed by atoms with Gasteiger partial charge in [0.2, 0.25) is 16.9 Å². The molecule has 0 unspecified atom stereocenters. The highest BCUT2D eigenvalue weighted by atomic mass is 31.2. The van der Waals surface area contributed by atoms with Crippen LogP contribution in [-0.4, -0.2) is 220 Å². The number of fused-ring (bicyclic) bond motifs is 3. The number of nitrogens with zero attached hydrogens (tertiary/aromatic N) is 21. The minimum absolute atomic E-state index is 0.717. The van der Waals surface area contributed by atoms with Crippen LogP contribution in [0.3, 0.4) is 0 Å². The Morgan fingerprint density at radius 3 is 0.663 bits per heavy atom. The van der Waals surface area contributed by atoms with E-state index in [-0.39, 0.29) is 0 Å². The standard InChI is InChI=1S/3C17H27N7OP.H3O4P/c3*1-2-11-21(10-1)26(22-12-3-4-13-22,23-14-5-6-15-23)25-24-17-16(19-20-24)8-7-9-18-17;1-5(2,3)4/h3*7-9H,1-6,10-15H2;(H3,1,2,3,4)/q3*+1;/p-3. The molecule has 32 heteroatoms. The van der Waals surface area contributed by atoms with Gasteiger partial charge in [-0.3, -0.25) is 0 Å². The first-order valence-electron chi connectivity index (χ1n) is 30.4. The van der Waals surface area contributed by atoms with Gasteiger partial charge >= 0.3 is 23.8 Å². The molecule has 6 aromatic rings. The quantitative estimate of drug-likeness (QED) is 0.132. The van der Waals surface area contributed by atoms with Crippen LogP contribution < -0.4 is 28.6 Å². The number of phosphoric acid groups is 1. The van der Waals surface area contributed by atoms with E-state index in [1.807, 2.05) is 36.4 Å². The highest BCUT2D eigenvalue weighted by molar-refractivity contribution is 7.65. The van der Waals surface area contributed by atoms with E-state index in [2.05, 4.69) is 87.9 Å². The fourth-order valence-electron chi connectivity index (χ4n) is 13.4. The molecule has 0 amide bonds. The molecule has 0 saturated carbocycles. The van der Waals surface area contributed by atoms with Crippen LogP contribution in [0.25, 0.3) is 33.5 Å². The van der Waals surface area contributed by atoms with Gasteiger partial charge in [-0.05, 0) is 182 Å². The fraction of sp³-hybridized carbons (Fsp3) is 0.706. The SMILES string of the molecule is O=P([O-])([O-])[O-].c1cnc2c(c1)nnn2O[P+](N1CCCC1)(N1CCCC1)N1CCCC1.c1cnc2c(c1)nnn2O[P+](N1CCCC1)(N1CCCC1)N1CCCC1.c1cnc2c(c1)nnn2O[P+](N1CCCC1)(N1CCCC1)N1CCCC1. The first-order chi connectivity index (χ1) is 40.6. The average Bonchev–Trinajstić information content (AvgIpc) is 3.40. The van der Waals surface area contributed by atoms with E-state index in [1.165, 1.54) is 116 Å². The van der Waals surface area contributed by atoms with Crippen molar-refractivity contribution in [1.29, 1.82) is 0 Å². The van der Waals surface area contributed by atoms with Crippen LogP contribution >= 0.6 is 31.6 Å². The Bertz CT molecular complexity index is 2610. The molecular formula is C51H81N21O7P4. The van der Waals surface area contributed by atoms with Crippen LogP contribution in [0, 0.1) is 0 Å². The van der Waals surface area contributed by atoms with Crippen molar-refractivity contribution in [3.8, 4) is 0 Å². The molecule has 452 valence electrons. The summed E-state index contributed by atoms with van der Waals surface area (Å²) in [7, 11) is -11.7. The van der Waals surface area contributed by atoms with Gasteiger partial charge in [0, 0.05) is 136 Å². The average molecular weight is 1220 g/mol. The molecule has 9 aliphatic heterocycles. The fourth-order valence-corrected chi connectivity index (χ4v) is 25.8. The maximum Gasteiger partial charge on any atom is 0.451 e. The Labute approximate surface area is 487 Å². The maximum atomic E-state index is 8.55. The van der Waals surface area contributed by atoms with Gasteiger partial charge in [-0.15, -0.1) is 57.3 Å². The monoisotopic (exact) mass is 1220 g/mol. The van der Waals surface area contributed by atoms with Crippen molar-refractivity contribution in [2.75, 3.05) is 118 Å². The van der Waals surface area contributed by atoms with Gasteiger partial charge in [-0.1, -0.05) is 0 Å². The third kappa shape index (κ3) is 12.8. The molecule has 0 N–H and O–H groups in total. The minimum atomic E-state index is -5.39. The molecular weight excluding hydrogens is 1140 g/mol. The molecule has 0 atom stereocenters. The molecule has 0 bridgehead atoms. The largest absolute Gasteiger partial charge is 0.822 e. The lowest BCUT2D eigenvalue weighted by Crippen LogP contribution is -2.47. The Morgan fingerprint density at radius 1 is 0.325 bits per heavy atom. The van der Waals surface area contributed by atoms with Gasteiger partial charge in [-0.25, -0.2) is 15.0 Å². The van der Waals surface area contributed by atoms with Crippen molar-refractivity contribution in [1.82, 2.24) is 102 Å². The zero-order valence-corrected chi connectivity index (χ0v) is 51.3. The molecule has 0 aliphatic carbocycles. The second kappa shape index (κ2) is 27.0. The zero-order valence-electron chi connectivity index (χ0n) is 47.7. The maximum absolute atomic E-state index is 8.55. The third-order valence-corrected chi connectivity index (χ3v) is 28.5. The van der Waals surface area contributed by atoms with Crippen molar-refractivity contribution in [2.45, 2.75) is 116 Å². The lowest BCUT2D eigenvalue weighted by molar-refractivity contribution is -0.432. The van der Waals surface area contributed by atoms with Crippen molar-refractivity contribution in [3.63, 3.8) is 0 Å². The first kappa shape index (κ1) is 59.4. The summed E-state index contributed by atoms with van der Waals surface area (Å²) in [5.74, 6) is 0. The second-order valence-corrected chi connectivity index (χ2v) is 32.2. The van der Waals surface area contributed by atoms with E-state index in [4.69, 9.17) is 33.1 Å². The molecule has 15 heterocycles. The van der Waals surface area contributed by atoms with Crippen LogP contribution in [0.2, 0.25) is 0 Å². The van der Waals surface area contributed by atoms with Gasteiger partial charge in [0.15, 0.2) is 0 Å². The summed E-state index contributed by atoms with van der Waals surface area (Å²) in [6, 6.07) is 11.5. The summed E-state index contributed by atoms with van der Waals surface area (Å²) in [5.41, 5.74) is 4.51. The van der Waals surface area contributed by atoms with Crippen molar-refractivity contribution in [3.05, 3.63) is 55.0 Å². The normalized spacial score (nSPS) is 22.7. The van der Waals surface area contributed by atoms with Crippen molar-refractivity contribution >= 4 is 65.1 Å². The number of aromatic nitrogens is 12. The number of pyridine rings is 3. The Morgan fingerprint density at radius 2 is 0.494 bits per heavy atom. The minimum Gasteiger partial charge on any atom is -0.822 e. The summed E-state index contributed by atoms with van der Waals surface area (Å²) in [6.07, 6.45) is 27.9. The molecule has 0 spiro atoms. The van der Waals surface area contributed by atoms with Crippen LogP contribution in [0.5, 0.6) is 0 Å². The predicted molar refractivity (Wildman–Crippen MR) is 311 cm³/mol. The molecule has 15 rings (SSSR count). The number of hydrogen-bond donors (Lipinski definition) is 0. The Balaban J connectivity index is 0.000000118. The van der Waals surface area contributed by atoms with Gasteiger partial charge < -0.3 is 19.2 Å². The molecule has 83 heavy (non-hydrogen) atoms. The molecule has 6 aromatic heterocycles. The molecule has 9 saturated heterocycles. The highest BCUT2D eigenvalue weighted by Gasteiger charge is 2.67.